The highest BCUT2D eigenvalue weighted by molar-refractivity contribution is 8.16. The summed E-state index contributed by atoms with van der Waals surface area (Å²) in [4.78, 5) is 32.5. The molecule has 1 saturated heterocycles. The molecule has 0 aliphatic carbocycles. The average molecular weight is 502 g/mol. The standard InChI is InChI=1S/C25H31N3O6S/c1-5-33-24(30)22-15(2)27-25-28(23(22)16-8-9-19(31-3)20(11-16)32-4)17(14-35-25)12-21(29)26-13-18-7-6-10-34-18/h8-9,11,14,18,23H,5-7,10,12-13H2,1-4H3,(H,26,29). The lowest BCUT2D eigenvalue weighted by Gasteiger charge is -2.36. The van der Waals surface area contributed by atoms with Gasteiger partial charge in [0.1, 0.15) is 0 Å². The maximum absolute atomic E-state index is 13.1. The molecule has 3 aliphatic heterocycles. The van der Waals surface area contributed by atoms with E-state index in [4.69, 9.17) is 18.9 Å². The molecule has 3 aliphatic rings. The summed E-state index contributed by atoms with van der Waals surface area (Å²) in [6.45, 7) is 5.05. The van der Waals surface area contributed by atoms with Crippen molar-refractivity contribution in [3.8, 4) is 11.5 Å². The van der Waals surface area contributed by atoms with Crippen molar-refractivity contribution in [2.45, 2.75) is 45.3 Å². The van der Waals surface area contributed by atoms with Gasteiger partial charge in [0.2, 0.25) is 5.91 Å². The molecule has 1 aromatic rings. The molecule has 1 fully saturated rings. The summed E-state index contributed by atoms with van der Waals surface area (Å²) in [5, 5.41) is 5.60. The van der Waals surface area contributed by atoms with Gasteiger partial charge in [-0.3, -0.25) is 4.79 Å². The molecule has 9 nitrogen and oxygen atoms in total. The third-order valence-electron chi connectivity index (χ3n) is 6.11. The quantitative estimate of drug-likeness (QED) is 0.513. The Morgan fingerprint density at radius 2 is 2.06 bits per heavy atom. The first-order valence-corrected chi connectivity index (χ1v) is 12.6. The van der Waals surface area contributed by atoms with E-state index < -0.39 is 12.0 Å². The minimum Gasteiger partial charge on any atom is -0.493 e. The number of hydrogen-bond donors (Lipinski definition) is 1. The first-order chi connectivity index (χ1) is 17.0. The second-order valence-electron chi connectivity index (χ2n) is 8.34. The van der Waals surface area contributed by atoms with E-state index in [-0.39, 0.29) is 25.0 Å². The highest BCUT2D eigenvalue weighted by Gasteiger charge is 2.41. The van der Waals surface area contributed by atoms with Gasteiger partial charge in [-0.25, -0.2) is 9.79 Å². The van der Waals surface area contributed by atoms with Crippen molar-refractivity contribution < 1.29 is 28.5 Å². The lowest BCUT2D eigenvalue weighted by atomic mass is 9.93. The number of methoxy groups -OCH3 is 2. The predicted octanol–water partition coefficient (Wildman–Crippen LogP) is 3.53. The van der Waals surface area contributed by atoms with Crippen molar-refractivity contribution in [2.24, 2.45) is 4.99 Å². The molecule has 2 atom stereocenters. The van der Waals surface area contributed by atoms with Crippen molar-refractivity contribution in [3.63, 3.8) is 0 Å². The number of nitrogens with one attached hydrogen (secondary N) is 1. The summed E-state index contributed by atoms with van der Waals surface area (Å²) in [7, 11) is 3.14. The topological polar surface area (TPSA) is 98.7 Å². The third-order valence-corrected chi connectivity index (χ3v) is 7.00. The number of rotatable bonds is 9. The molecular weight excluding hydrogens is 470 g/mol. The van der Waals surface area contributed by atoms with Crippen LogP contribution in [0.3, 0.4) is 0 Å². The molecule has 1 aromatic carbocycles. The molecule has 0 bridgehead atoms. The van der Waals surface area contributed by atoms with E-state index in [1.54, 1.807) is 34.1 Å². The Labute approximate surface area is 209 Å². The average Bonchev–Trinajstić information content (AvgIpc) is 3.51. The van der Waals surface area contributed by atoms with Gasteiger partial charge in [0, 0.05) is 18.8 Å². The molecule has 3 heterocycles. The van der Waals surface area contributed by atoms with E-state index in [9.17, 15) is 9.59 Å². The van der Waals surface area contributed by atoms with Crippen LogP contribution in [0.1, 0.15) is 44.7 Å². The zero-order valence-electron chi connectivity index (χ0n) is 20.5. The number of amidine groups is 1. The van der Waals surface area contributed by atoms with Crippen LogP contribution < -0.4 is 14.8 Å². The van der Waals surface area contributed by atoms with Crippen LogP contribution in [0.25, 0.3) is 0 Å². The fourth-order valence-corrected chi connectivity index (χ4v) is 5.40. The number of carbonyl (C=O) groups is 2. The SMILES string of the molecule is CCOC(=O)C1=C(C)N=C2SC=C(CC(=O)NCC3CCCO3)N2C1c1ccc(OC)c(OC)c1. The second-order valence-corrected chi connectivity index (χ2v) is 9.18. The van der Waals surface area contributed by atoms with Crippen LogP contribution in [0.5, 0.6) is 11.5 Å². The van der Waals surface area contributed by atoms with E-state index in [2.05, 4.69) is 10.3 Å². The number of ether oxygens (including phenoxy) is 4. The van der Waals surface area contributed by atoms with Crippen LogP contribution in [0.2, 0.25) is 0 Å². The summed E-state index contributed by atoms with van der Waals surface area (Å²) in [5.41, 5.74) is 2.56. The number of benzene rings is 1. The molecule has 10 heteroatoms. The fraction of sp³-hybridized carbons (Fsp3) is 0.480. The second kappa shape index (κ2) is 11.2. The van der Waals surface area contributed by atoms with E-state index in [1.807, 2.05) is 22.4 Å². The molecule has 1 amide bonds. The Morgan fingerprint density at radius 1 is 1.26 bits per heavy atom. The number of allylic oxidation sites excluding steroid dienone is 1. The van der Waals surface area contributed by atoms with Crippen LogP contribution >= 0.6 is 11.8 Å². The third kappa shape index (κ3) is 5.33. The van der Waals surface area contributed by atoms with Crippen LogP contribution in [0.4, 0.5) is 0 Å². The highest BCUT2D eigenvalue weighted by atomic mass is 32.2. The number of carbonyl (C=O) groups excluding carboxylic acids is 2. The molecule has 0 spiro atoms. The Morgan fingerprint density at radius 3 is 2.74 bits per heavy atom. The van der Waals surface area contributed by atoms with Gasteiger partial charge in [-0.2, -0.15) is 0 Å². The van der Waals surface area contributed by atoms with Gasteiger partial charge in [-0.15, -0.1) is 0 Å². The first-order valence-electron chi connectivity index (χ1n) is 11.7. The minimum absolute atomic E-state index is 0.0681. The van der Waals surface area contributed by atoms with E-state index in [1.165, 1.54) is 11.8 Å². The summed E-state index contributed by atoms with van der Waals surface area (Å²) in [6, 6.07) is 5.00. The molecule has 0 aromatic heterocycles. The van der Waals surface area contributed by atoms with Gasteiger partial charge in [-0.05, 0) is 49.8 Å². The lowest BCUT2D eigenvalue weighted by Crippen LogP contribution is -2.38. The minimum atomic E-state index is -0.534. The van der Waals surface area contributed by atoms with Crippen molar-refractivity contribution in [1.82, 2.24) is 10.2 Å². The largest absolute Gasteiger partial charge is 0.493 e. The molecule has 0 saturated carbocycles. The monoisotopic (exact) mass is 501 g/mol. The van der Waals surface area contributed by atoms with Gasteiger partial charge >= 0.3 is 5.97 Å². The Kier molecular flexibility index (Phi) is 8.02. The van der Waals surface area contributed by atoms with Crippen molar-refractivity contribution in [2.75, 3.05) is 34.0 Å². The number of nitrogens with zero attached hydrogens (tertiary/aromatic N) is 2. The maximum Gasteiger partial charge on any atom is 0.338 e. The summed E-state index contributed by atoms with van der Waals surface area (Å²) in [6.07, 6.45) is 2.19. The van der Waals surface area contributed by atoms with Gasteiger partial charge in [-0.1, -0.05) is 17.8 Å². The summed E-state index contributed by atoms with van der Waals surface area (Å²) in [5.74, 6) is 0.580. The number of hydrogen-bond acceptors (Lipinski definition) is 9. The zero-order chi connectivity index (χ0) is 24.9. The van der Waals surface area contributed by atoms with Gasteiger partial charge in [0.05, 0.1) is 50.7 Å². The van der Waals surface area contributed by atoms with Crippen molar-refractivity contribution in [1.29, 1.82) is 0 Å². The Bertz CT molecular complexity index is 1080. The van der Waals surface area contributed by atoms with Crippen LogP contribution in [0, 0.1) is 0 Å². The van der Waals surface area contributed by atoms with Crippen molar-refractivity contribution in [3.05, 3.63) is 46.1 Å². The lowest BCUT2D eigenvalue weighted by molar-refractivity contribution is -0.139. The molecule has 188 valence electrons. The van der Waals surface area contributed by atoms with Gasteiger partial charge < -0.3 is 29.2 Å². The molecule has 35 heavy (non-hydrogen) atoms. The smallest absolute Gasteiger partial charge is 0.338 e. The fourth-order valence-electron chi connectivity index (χ4n) is 4.44. The van der Waals surface area contributed by atoms with E-state index in [0.29, 0.717) is 34.5 Å². The van der Waals surface area contributed by atoms with E-state index >= 15 is 0 Å². The van der Waals surface area contributed by atoms with Crippen LogP contribution in [-0.4, -0.2) is 62.0 Å². The number of fused-ring (bicyclic) bond motifs is 1. The number of amides is 1. The summed E-state index contributed by atoms with van der Waals surface area (Å²) >= 11 is 1.43. The number of thioether (sulfide) groups is 1. The molecule has 2 unspecified atom stereocenters. The molecule has 1 N–H and O–H groups in total. The Hall–Kier alpha value is -2.98. The van der Waals surface area contributed by atoms with Gasteiger partial charge in [0.15, 0.2) is 16.7 Å². The molecular formula is C25H31N3O6S. The Balaban J connectivity index is 1.65. The predicted molar refractivity (Wildman–Crippen MR) is 133 cm³/mol. The van der Waals surface area contributed by atoms with E-state index in [0.717, 1.165) is 30.7 Å². The highest BCUT2D eigenvalue weighted by Crippen LogP contribution is 2.46. The van der Waals surface area contributed by atoms with Crippen LogP contribution in [0.15, 0.2) is 45.6 Å². The first kappa shape index (κ1) is 25.1. The molecule has 4 rings (SSSR count). The van der Waals surface area contributed by atoms with Crippen LogP contribution in [-0.2, 0) is 19.1 Å². The number of esters is 1. The number of aliphatic imine (C=N–C) groups is 1. The molecule has 0 radical (unpaired) electrons. The normalized spacial score (nSPS) is 21.3. The maximum atomic E-state index is 13.1. The van der Waals surface area contributed by atoms with Crippen molar-refractivity contribution >= 4 is 28.8 Å². The zero-order valence-corrected chi connectivity index (χ0v) is 21.3. The van der Waals surface area contributed by atoms with Gasteiger partial charge in [0.25, 0.3) is 0 Å². The summed E-state index contributed by atoms with van der Waals surface area (Å²) < 4.78 is 21.9.